The average molecular weight is 465 g/mol. The van der Waals surface area contributed by atoms with Gasteiger partial charge in [-0.05, 0) is 47.5 Å². The Balaban J connectivity index is 1.41. The van der Waals surface area contributed by atoms with Crippen molar-refractivity contribution in [2.24, 2.45) is 0 Å². The fraction of sp³-hybridized carbons (Fsp3) is 0. The molecule has 0 unspecified atom stereocenters. The van der Waals surface area contributed by atoms with Gasteiger partial charge < -0.3 is 0 Å². The Morgan fingerprint density at radius 2 is 0.750 bits per heavy atom. The predicted molar refractivity (Wildman–Crippen MR) is 140 cm³/mol. The maximum absolute atomic E-state index is 4.84. The maximum atomic E-state index is 4.84. The van der Waals surface area contributed by atoms with Crippen LogP contribution in [0.3, 0.4) is 0 Å². The molecule has 6 heteroatoms. The normalized spacial score (nSPS) is 10.8. The zero-order chi connectivity index (χ0) is 24.2. The fourth-order valence-corrected chi connectivity index (χ4v) is 3.94. The van der Waals surface area contributed by atoms with Crippen LogP contribution in [-0.2, 0) is 0 Å². The standard InChI is InChI=1S/C30H20N6/c1-2-16-33-27(3-1)23-6-10-25(11-7-23)29-34-28(35-30(36-29)26-14-19-32-20-15-26)24-8-4-21(5-9-24)22-12-17-31-18-13-22/h1-20H. The predicted octanol–water partition coefficient (Wildman–Crippen LogP) is 6.39. The molecule has 170 valence electrons. The first kappa shape index (κ1) is 21.4. The number of hydrogen-bond acceptors (Lipinski definition) is 6. The van der Waals surface area contributed by atoms with Gasteiger partial charge in [-0.15, -0.1) is 0 Å². The second-order valence-corrected chi connectivity index (χ2v) is 8.15. The highest BCUT2D eigenvalue weighted by Gasteiger charge is 2.13. The van der Waals surface area contributed by atoms with E-state index >= 15 is 0 Å². The van der Waals surface area contributed by atoms with Gasteiger partial charge in [-0.1, -0.05) is 54.6 Å². The Kier molecular flexibility index (Phi) is 5.74. The van der Waals surface area contributed by atoms with Crippen LogP contribution in [0.4, 0.5) is 0 Å². The molecule has 0 aliphatic rings. The third-order valence-corrected chi connectivity index (χ3v) is 5.83. The molecule has 0 saturated carbocycles. The second-order valence-electron chi connectivity index (χ2n) is 8.15. The maximum Gasteiger partial charge on any atom is 0.164 e. The molecule has 0 bridgehead atoms. The SMILES string of the molecule is c1ccc(-c2ccc(-c3nc(-c4ccncc4)nc(-c4ccc(-c5ccncc5)cc4)n3)cc2)nc1. The van der Waals surface area contributed by atoms with Gasteiger partial charge in [0.15, 0.2) is 17.5 Å². The van der Waals surface area contributed by atoms with Gasteiger partial charge in [-0.2, -0.15) is 0 Å². The van der Waals surface area contributed by atoms with E-state index in [-0.39, 0.29) is 0 Å². The van der Waals surface area contributed by atoms with Gasteiger partial charge in [0.2, 0.25) is 0 Å². The molecule has 4 aromatic heterocycles. The van der Waals surface area contributed by atoms with Crippen molar-refractivity contribution in [1.29, 1.82) is 0 Å². The largest absolute Gasteiger partial charge is 0.265 e. The lowest BCUT2D eigenvalue weighted by molar-refractivity contribution is 1.07. The summed E-state index contributed by atoms with van der Waals surface area (Å²) in [5, 5.41) is 0. The lowest BCUT2D eigenvalue weighted by Gasteiger charge is -2.09. The van der Waals surface area contributed by atoms with E-state index in [1.54, 1.807) is 31.0 Å². The molecule has 6 aromatic rings. The number of aromatic nitrogens is 6. The Bertz CT molecular complexity index is 1480. The van der Waals surface area contributed by atoms with Crippen molar-refractivity contribution in [3.05, 3.63) is 122 Å². The molecule has 0 aliphatic carbocycles. The van der Waals surface area contributed by atoms with Gasteiger partial charge in [-0.25, -0.2) is 15.0 Å². The first-order valence-corrected chi connectivity index (χ1v) is 11.5. The molecular weight excluding hydrogens is 444 g/mol. The van der Waals surface area contributed by atoms with Crippen molar-refractivity contribution in [2.45, 2.75) is 0 Å². The zero-order valence-electron chi connectivity index (χ0n) is 19.2. The van der Waals surface area contributed by atoms with E-state index in [2.05, 4.69) is 27.1 Å². The van der Waals surface area contributed by atoms with Crippen molar-refractivity contribution >= 4 is 0 Å². The summed E-state index contributed by atoms with van der Waals surface area (Å²) in [5.74, 6) is 1.82. The van der Waals surface area contributed by atoms with Gasteiger partial charge in [0.25, 0.3) is 0 Å². The van der Waals surface area contributed by atoms with Crippen molar-refractivity contribution in [1.82, 2.24) is 29.9 Å². The second kappa shape index (κ2) is 9.64. The molecule has 36 heavy (non-hydrogen) atoms. The Labute approximate surface area is 208 Å². The summed E-state index contributed by atoms with van der Waals surface area (Å²) in [5.41, 5.74) is 6.88. The molecule has 0 saturated heterocycles. The highest BCUT2D eigenvalue weighted by molar-refractivity contribution is 5.71. The summed E-state index contributed by atoms with van der Waals surface area (Å²) < 4.78 is 0. The van der Waals surface area contributed by atoms with Gasteiger partial charge >= 0.3 is 0 Å². The van der Waals surface area contributed by atoms with Crippen molar-refractivity contribution in [3.63, 3.8) is 0 Å². The third kappa shape index (κ3) is 4.48. The van der Waals surface area contributed by atoms with Crippen molar-refractivity contribution < 1.29 is 0 Å². The van der Waals surface area contributed by atoms with Crippen molar-refractivity contribution in [2.75, 3.05) is 0 Å². The minimum atomic E-state index is 0.601. The summed E-state index contributed by atoms with van der Waals surface area (Å²) in [6.45, 7) is 0. The summed E-state index contributed by atoms with van der Waals surface area (Å²) in [6, 6.07) is 30.0. The van der Waals surface area contributed by atoms with Gasteiger partial charge in [-0.3, -0.25) is 15.0 Å². The molecule has 0 spiro atoms. The van der Waals surface area contributed by atoms with E-state index in [9.17, 15) is 0 Å². The molecule has 6 rings (SSSR count). The Hall–Kier alpha value is -5.10. The van der Waals surface area contributed by atoms with Crippen LogP contribution in [0.25, 0.3) is 56.5 Å². The summed E-state index contributed by atoms with van der Waals surface area (Å²) in [4.78, 5) is 27.1. The number of rotatable bonds is 5. The average Bonchev–Trinajstić information content (AvgIpc) is 2.98. The molecule has 0 radical (unpaired) electrons. The topological polar surface area (TPSA) is 77.3 Å². The molecule has 0 amide bonds. The number of benzene rings is 2. The van der Waals surface area contributed by atoms with Gasteiger partial charge in [0, 0.05) is 53.2 Å². The summed E-state index contributed by atoms with van der Waals surface area (Å²) in [7, 11) is 0. The molecule has 0 N–H and O–H groups in total. The molecule has 6 nitrogen and oxygen atoms in total. The van der Waals surface area contributed by atoms with E-state index in [0.717, 1.165) is 39.1 Å². The van der Waals surface area contributed by atoms with E-state index in [1.807, 2.05) is 78.9 Å². The van der Waals surface area contributed by atoms with Crippen LogP contribution >= 0.6 is 0 Å². The third-order valence-electron chi connectivity index (χ3n) is 5.83. The van der Waals surface area contributed by atoms with Crippen LogP contribution in [0.1, 0.15) is 0 Å². The number of hydrogen-bond donors (Lipinski definition) is 0. The molecular formula is C30H20N6. The lowest BCUT2D eigenvalue weighted by atomic mass is 10.0. The first-order valence-electron chi connectivity index (χ1n) is 11.5. The number of nitrogens with zero attached hydrogens (tertiary/aromatic N) is 6. The highest BCUT2D eigenvalue weighted by atomic mass is 15.0. The lowest BCUT2D eigenvalue weighted by Crippen LogP contribution is -2.00. The van der Waals surface area contributed by atoms with Gasteiger partial charge in [0.05, 0.1) is 5.69 Å². The quantitative estimate of drug-likeness (QED) is 0.294. The minimum Gasteiger partial charge on any atom is -0.265 e. The Morgan fingerprint density at radius 1 is 0.333 bits per heavy atom. The highest BCUT2D eigenvalue weighted by Crippen LogP contribution is 2.28. The molecule has 0 atom stereocenters. The summed E-state index contributed by atoms with van der Waals surface area (Å²) in [6.07, 6.45) is 8.86. The Morgan fingerprint density at radius 3 is 1.25 bits per heavy atom. The smallest absolute Gasteiger partial charge is 0.164 e. The summed E-state index contributed by atoms with van der Waals surface area (Å²) >= 11 is 0. The zero-order valence-corrected chi connectivity index (χ0v) is 19.2. The first-order chi connectivity index (χ1) is 17.8. The van der Waals surface area contributed by atoms with E-state index in [4.69, 9.17) is 15.0 Å². The van der Waals surface area contributed by atoms with Crippen LogP contribution in [-0.4, -0.2) is 29.9 Å². The minimum absolute atomic E-state index is 0.601. The van der Waals surface area contributed by atoms with Crippen LogP contribution < -0.4 is 0 Å². The van der Waals surface area contributed by atoms with Crippen LogP contribution in [0.2, 0.25) is 0 Å². The van der Waals surface area contributed by atoms with Gasteiger partial charge in [0.1, 0.15) is 0 Å². The molecule has 4 heterocycles. The molecule has 0 fully saturated rings. The molecule has 0 aliphatic heterocycles. The molecule has 2 aromatic carbocycles. The van der Waals surface area contributed by atoms with E-state index in [0.29, 0.717) is 17.5 Å². The van der Waals surface area contributed by atoms with Crippen LogP contribution in [0.5, 0.6) is 0 Å². The van der Waals surface area contributed by atoms with E-state index < -0.39 is 0 Å². The van der Waals surface area contributed by atoms with E-state index in [1.165, 1.54) is 0 Å². The van der Waals surface area contributed by atoms with Crippen LogP contribution in [0, 0.1) is 0 Å². The fourth-order valence-electron chi connectivity index (χ4n) is 3.94. The van der Waals surface area contributed by atoms with Crippen molar-refractivity contribution in [3.8, 4) is 56.5 Å². The van der Waals surface area contributed by atoms with Crippen LogP contribution in [0.15, 0.2) is 122 Å². The monoisotopic (exact) mass is 464 g/mol. The number of pyridine rings is 3.